The molecule has 2 heterocycles. The van der Waals surface area contributed by atoms with E-state index in [4.69, 9.17) is 4.74 Å². The Bertz CT molecular complexity index is 2740. The van der Waals surface area contributed by atoms with Crippen molar-refractivity contribution in [3.05, 3.63) is 181 Å². The van der Waals surface area contributed by atoms with Gasteiger partial charge >= 0.3 is 0 Å². The number of epoxide rings is 1. The molecule has 0 saturated carbocycles. The molecule has 1 aromatic heterocycles. The van der Waals surface area contributed by atoms with Crippen LogP contribution in [-0.2, 0) is 4.74 Å². The summed E-state index contributed by atoms with van der Waals surface area (Å²) < 4.78 is 9.17. The maximum atomic E-state index is 6.52. The smallest absolute Gasteiger partial charge is 0.115 e. The van der Waals surface area contributed by atoms with Crippen molar-refractivity contribution < 1.29 is 4.74 Å². The number of benzene rings is 7. The molecule has 2 atom stereocenters. The van der Waals surface area contributed by atoms with Crippen LogP contribution in [0, 0.1) is 0 Å². The number of rotatable bonds is 5. The highest BCUT2D eigenvalue weighted by molar-refractivity contribution is 7.25. The zero-order chi connectivity index (χ0) is 33.5. The van der Waals surface area contributed by atoms with Gasteiger partial charge in [0.05, 0.1) is 0 Å². The molecule has 0 amide bonds. The highest BCUT2D eigenvalue weighted by atomic mass is 32.1. The molecule has 11 rings (SSSR count). The normalized spacial score (nSPS) is 17.2. The van der Waals surface area contributed by atoms with Gasteiger partial charge in [0, 0.05) is 37.2 Å². The summed E-state index contributed by atoms with van der Waals surface area (Å²) in [5, 5.41) is 5.19. The average Bonchev–Trinajstić information content (AvgIpc) is 3.92. The molecule has 1 aliphatic heterocycles. The Morgan fingerprint density at radius 2 is 1.20 bits per heavy atom. The molecule has 7 aromatic carbocycles. The average molecular weight is 672 g/mol. The van der Waals surface area contributed by atoms with Crippen LogP contribution in [-0.4, -0.2) is 0 Å². The second-order valence-corrected chi connectivity index (χ2v) is 14.9. The van der Waals surface area contributed by atoms with Crippen LogP contribution in [0.15, 0.2) is 170 Å². The van der Waals surface area contributed by atoms with E-state index >= 15 is 0 Å². The number of fused-ring (bicyclic) bond motifs is 11. The van der Waals surface area contributed by atoms with E-state index in [9.17, 15) is 0 Å². The standard InChI is InChI=1S/C48H33NOS/c1-3-12-30(13-4-1)35-19-11-20-39-42-29-40(36-16-7-8-18-38(36)46(42)48-47(50-48)45(35)39)31-22-24-33(25-23-31)49(32-14-5-2-6-15-32)34-26-27-44-41(28-34)37-17-9-10-21-43(37)51-44/h1,3-5,7-29,47-48H,2,6H2. The Balaban J connectivity index is 1.05. The monoisotopic (exact) mass is 671 g/mol. The van der Waals surface area contributed by atoms with Crippen molar-refractivity contribution in [3.8, 4) is 33.4 Å². The van der Waals surface area contributed by atoms with Crippen molar-refractivity contribution >= 4 is 53.7 Å². The van der Waals surface area contributed by atoms with Crippen LogP contribution in [0.1, 0.15) is 36.2 Å². The van der Waals surface area contributed by atoms with E-state index in [-0.39, 0.29) is 12.2 Å². The van der Waals surface area contributed by atoms with Gasteiger partial charge in [-0.2, -0.15) is 0 Å². The second kappa shape index (κ2) is 11.4. The van der Waals surface area contributed by atoms with Crippen molar-refractivity contribution in [2.75, 3.05) is 4.90 Å². The summed E-state index contributed by atoms with van der Waals surface area (Å²) in [6.07, 6.45) is 9.25. The third-order valence-corrected chi connectivity index (χ3v) is 12.1. The molecule has 242 valence electrons. The van der Waals surface area contributed by atoms with E-state index in [2.05, 4.69) is 169 Å². The van der Waals surface area contributed by atoms with Crippen LogP contribution in [0.4, 0.5) is 11.4 Å². The Labute approximate surface area is 301 Å². The first-order valence-corrected chi connectivity index (χ1v) is 18.7. The largest absolute Gasteiger partial charge is 0.359 e. The zero-order valence-corrected chi connectivity index (χ0v) is 28.7. The molecule has 8 aromatic rings. The van der Waals surface area contributed by atoms with Crippen LogP contribution < -0.4 is 4.90 Å². The molecular weight excluding hydrogens is 639 g/mol. The Morgan fingerprint density at radius 1 is 0.490 bits per heavy atom. The number of hydrogen-bond acceptors (Lipinski definition) is 3. The van der Waals surface area contributed by atoms with Crippen molar-refractivity contribution in [2.24, 2.45) is 0 Å². The maximum absolute atomic E-state index is 6.52. The summed E-state index contributed by atoms with van der Waals surface area (Å²) >= 11 is 1.87. The molecule has 0 radical (unpaired) electrons. The van der Waals surface area contributed by atoms with Gasteiger partial charge in [0.15, 0.2) is 0 Å². The van der Waals surface area contributed by atoms with E-state index in [0.29, 0.717) is 0 Å². The molecule has 0 bridgehead atoms. The molecule has 1 fully saturated rings. The Hall–Kier alpha value is -5.74. The lowest BCUT2D eigenvalue weighted by molar-refractivity contribution is 0.381. The van der Waals surface area contributed by atoms with Crippen LogP contribution in [0.5, 0.6) is 0 Å². The molecule has 2 nitrogen and oxygen atoms in total. The van der Waals surface area contributed by atoms with Crippen molar-refractivity contribution in [1.82, 2.24) is 0 Å². The van der Waals surface area contributed by atoms with E-state index in [0.717, 1.165) is 18.5 Å². The van der Waals surface area contributed by atoms with E-state index < -0.39 is 0 Å². The van der Waals surface area contributed by atoms with Crippen LogP contribution in [0.25, 0.3) is 64.3 Å². The quantitative estimate of drug-likeness (QED) is 0.169. The minimum atomic E-state index is 0.0850. The third kappa shape index (κ3) is 4.59. The Morgan fingerprint density at radius 3 is 2.04 bits per heavy atom. The predicted molar refractivity (Wildman–Crippen MR) is 215 cm³/mol. The van der Waals surface area contributed by atoms with Crippen LogP contribution in [0.3, 0.4) is 0 Å². The van der Waals surface area contributed by atoms with Crippen molar-refractivity contribution in [3.63, 3.8) is 0 Å². The fourth-order valence-electron chi connectivity index (χ4n) is 8.55. The van der Waals surface area contributed by atoms with Gasteiger partial charge < -0.3 is 9.64 Å². The summed E-state index contributed by atoms with van der Waals surface area (Å²) in [6, 6.07) is 53.7. The van der Waals surface area contributed by atoms with Crippen LogP contribution >= 0.6 is 11.3 Å². The summed E-state index contributed by atoms with van der Waals surface area (Å²) in [7, 11) is 0. The molecule has 2 aliphatic carbocycles. The first-order valence-electron chi connectivity index (χ1n) is 17.9. The van der Waals surface area contributed by atoms with Gasteiger partial charge in [0.2, 0.25) is 0 Å². The van der Waals surface area contributed by atoms with Crippen LogP contribution in [0.2, 0.25) is 0 Å². The van der Waals surface area contributed by atoms with Gasteiger partial charge in [-0.3, -0.25) is 0 Å². The lowest BCUT2D eigenvalue weighted by Gasteiger charge is -2.28. The molecule has 3 aliphatic rings. The molecule has 51 heavy (non-hydrogen) atoms. The van der Waals surface area contributed by atoms with Gasteiger partial charge in [-0.15, -0.1) is 11.3 Å². The topological polar surface area (TPSA) is 15.8 Å². The number of allylic oxidation sites excluding steroid dienone is 3. The fourth-order valence-corrected chi connectivity index (χ4v) is 9.64. The van der Waals surface area contributed by atoms with Gasteiger partial charge in [0.25, 0.3) is 0 Å². The van der Waals surface area contributed by atoms with Gasteiger partial charge in [-0.1, -0.05) is 115 Å². The molecule has 3 heteroatoms. The SMILES string of the molecule is C1=CC(N(c2ccc(-c3cc4c(c5ccccc35)C3OC3c3c(-c5ccccc5)cccc3-4)cc2)c2ccc3sc4ccccc4c3c2)=CCC1. The summed E-state index contributed by atoms with van der Waals surface area (Å²) in [4.78, 5) is 2.42. The highest BCUT2D eigenvalue weighted by Gasteiger charge is 2.49. The highest BCUT2D eigenvalue weighted by Crippen LogP contribution is 2.63. The summed E-state index contributed by atoms with van der Waals surface area (Å²) in [6.45, 7) is 0. The number of ether oxygens (including phenoxy) is 1. The zero-order valence-electron chi connectivity index (χ0n) is 27.9. The third-order valence-electron chi connectivity index (χ3n) is 10.9. The molecule has 1 saturated heterocycles. The van der Waals surface area contributed by atoms with E-state index in [1.165, 1.54) is 86.8 Å². The van der Waals surface area contributed by atoms with Gasteiger partial charge in [-0.05, 0) is 117 Å². The number of nitrogens with zero attached hydrogens (tertiary/aromatic N) is 1. The predicted octanol–water partition coefficient (Wildman–Crippen LogP) is 13.7. The minimum absolute atomic E-state index is 0.0850. The van der Waals surface area contributed by atoms with E-state index in [1.807, 2.05) is 11.3 Å². The summed E-state index contributed by atoms with van der Waals surface area (Å²) in [5.74, 6) is 0. The first-order chi connectivity index (χ1) is 25.3. The molecule has 0 spiro atoms. The lowest BCUT2D eigenvalue weighted by Crippen LogP contribution is -2.16. The number of anilines is 2. The second-order valence-electron chi connectivity index (χ2n) is 13.8. The Kier molecular flexibility index (Phi) is 6.49. The summed E-state index contributed by atoms with van der Waals surface area (Å²) in [5.41, 5.74) is 13.7. The molecular formula is C48H33NOS. The lowest BCUT2D eigenvalue weighted by atomic mass is 9.78. The van der Waals surface area contributed by atoms with Crippen molar-refractivity contribution in [1.29, 1.82) is 0 Å². The van der Waals surface area contributed by atoms with E-state index in [1.54, 1.807) is 0 Å². The molecule has 0 N–H and O–H groups in total. The van der Waals surface area contributed by atoms with Crippen molar-refractivity contribution in [2.45, 2.75) is 25.0 Å². The number of hydrogen-bond donors (Lipinski definition) is 0. The van der Waals surface area contributed by atoms with Gasteiger partial charge in [0.1, 0.15) is 12.2 Å². The molecule has 2 unspecified atom stereocenters. The first kappa shape index (κ1) is 29.0. The maximum Gasteiger partial charge on any atom is 0.115 e. The minimum Gasteiger partial charge on any atom is -0.359 e. The number of thiophene rings is 1. The fraction of sp³-hybridized carbons (Fsp3) is 0.0833. The van der Waals surface area contributed by atoms with Gasteiger partial charge in [-0.25, -0.2) is 0 Å².